The summed E-state index contributed by atoms with van der Waals surface area (Å²) >= 11 is 6.06. The number of halogens is 1. The SMILES string of the molecule is COC(=O)C(C)NCc1c(C)nn(C)c1Cl. The van der Waals surface area contributed by atoms with Crippen molar-refractivity contribution in [2.24, 2.45) is 7.05 Å². The molecule has 0 amide bonds. The quantitative estimate of drug-likeness (QED) is 0.806. The van der Waals surface area contributed by atoms with E-state index in [1.165, 1.54) is 7.11 Å². The molecular weight excluding hydrogens is 230 g/mol. The first-order valence-electron chi connectivity index (χ1n) is 4.96. The maximum absolute atomic E-state index is 11.2. The number of carbonyl (C=O) groups excluding carboxylic acids is 1. The van der Waals surface area contributed by atoms with Crippen LogP contribution in [0.25, 0.3) is 0 Å². The lowest BCUT2D eigenvalue weighted by molar-refractivity contribution is -0.142. The molecule has 1 aromatic rings. The second-order valence-corrected chi connectivity index (χ2v) is 3.96. The molecule has 0 saturated heterocycles. The monoisotopic (exact) mass is 245 g/mol. The molecule has 0 aliphatic carbocycles. The van der Waals surface area contributed by atoms with E-state index in [4.69, 9.17) is 11.6 Å². The Kier molecular flexibility index (Phi) is 4.32. The number of ether oxygens (including phenoxy) is 1. The molecule has 1 rings (SSSR count). The first-order valence-corrected chi connectivity index (χ1v) is 5.34. The van der Waals surface area contributed by atoms with Crippen molar-refractivity contribution in [2.75, 3.05) is 7.11 Å². The number of hydrogen-bond donors (Lipinski definition) is 1. The smallest absolute Gasteiger partial charge is 0.322 e. The molecule has 90 valence electrons. The maximum atomic E-state index is 11.2. The summed E-state index contributed by atoms with van der Waals surface area (Å²) in [5.41, 5.74) is 1.76. The third kappa shape index (κ3) is 2.74. The Hall–Kier alpha value is -1.07. The number of methoxy groups -OCH3 is 1. The van der Waals surface area contributed by atoms with Crippen LogP contribution in [0.5, 0.6) is 0 Å². The summed E-state index contributed by atoms with van der Waals surface area (Å²) < 4.78 is 6.22. The molecule has 6 heteroatoms. The molecule has 0 aliphatic heterocycles. The minimum Gasteiger partial charge on any atom is -0.468 e. The van der Waals surface area contributed by atoms with E-state index >= 15 is 0 Å². The third-order valence-electron chi connectivity index (χ3n) is 2.41. The van der Waals surface area contributed by atoms with E-state index < -0.39 is 0 Å². The normalized spacial score (nSPS) is 12.6. The van der Waals surface area contributed by atoms with Gasteiger partial charge in [0.05, 0.1) is 12.8 Å². The highest BCUT2D eigenvalue weighted by Gasteiger charge is 2.15. The largest absolute Gasteiger partial charge is 0.468 e. The van der Waals surface area contributed by atoms with Crippen molar-refractivity contribution in [3.05, 3.63) is 16.4 Å². The second kappa shape index (κ2) is 5.32. The van der Waals surface area contributed by atoms with E-state index in [0.29, 0.717) is 11.7 Å². The van der Waals surface area contributed by atoms with Crippen LogP contribution in [0.4, 0.5) is 0 Å². The van der Waals surface area contributed by atoms with Gasteiger partial charge < -0.3 is 10.1 Å². The molecule has 0 aliphatic rings. The number of aromatic nitrogens is 2. The first kappa shape index (κ1) is 13.0. The van der Waals surface area contributed by atoms with Crippen molar-refractivity contribution < 1.29 is 9.53 Å². The van der Waals surface area contributed by atoms with Crippen molar-refractivity contribution in [1.82, 2.24) is 15.1 Å². The van der Waals surface area contributed by atoms with E-state index in [-0.39, 0.29) is 12.0 Å². The Morgan fingerprint density at radius 2 is 2.31 bits per heavy atom. The molecule has 0 saturated carbocycles. The van der Waals surface area contributed by atoms with Gasteiger partial charge in [-0.2, -0.15) is 5.10 Å². The minimum absolute atomic E-state index is 0.294. The molecule has 0 bridgehead atoms. The maximum Gasteiger partial charge on any atom is 0.322 e. The number of carbonyl (C=O) groups is 1. The highest BCUT2D eigenvalue weighted by Crippen LogP contribution is 2.18. The van der Waals surface area contributed by atoms with Crippen LogP contribution in [0.3, 0.4) is 0 Å². The summed E-state index contributed by atoms with van der Waals surface area (Å²) in [6.45, 7) is 4.12. The van der Waals surface area contributed by atoms with Crippen LogP contribution in [0.2, 0.25) is 5.15 Å². The van der Waals surface area contributed by atoms with Gasteiger partial charge >= 0.3 is 5.97 Å². The molecule has 0 spiro atoms. The third-order valence-corrected chi connectivity index (χ3v) is 2.88. The van der Waals surface area contributed by atoms with E-state index in [9.17, 15) is 4.79 Å². The first-order chi connectivity index (χ1) is 7.47. The number of aryl methyl sites for hydroxylation is 2. The molecule has 1 N–H and O–H groups in total. The zero-order valence-electron chi connectivity index (χ0n) is 9.87. The van der Waals surface area contributed by atoms with Crippen LogP contribution in [0.15, 0.2) is 0 Å². The summed E-state index contributed by atoms with van der Waals surface area (Å²) in [6.07, 6.45) is 0. The predicted octanol–water partition coefficient (Wildman–Crippen LogP) is 1.03. The molecule has 1 unspecified atom stereocenters. The summed E-state index contributed by atoms with van der Waals surface area (Å²) in [5, 5.41) is 7.80. The summed E-state index contributed by atoms with van der Waals surface area (Å²) in [5.74, 6) is -0.294. The van der Waals surface area contributed by atoms with Crippen LogP contribution in [-0.2, 0) is 23.1 Å². The van der Waals surface area contributed by atoms with Crippen molar-refractivity contribution in [3.8, 4) is 0 Å². The van der Waals surface area contributed by atoms with Gasteiger partial charge in [-0.3, -0.25) is 9.48 Å². The number of nitrogens with zero attached hydrogens (tertiary/aromatic N) is 2. The topological polar surface area (TPSA) is 56.1 Å². The Morgan fingerprint density at radius 1 is 1.69 bits per heavy atom. The fourth-order valence-electron chi connectivity index (χ4n) is 1.39. The molecule has 0 aromatic carbocycles. The molecule has 0 fully saturated rings. The van der Waals surface area contributed by atoms with Gasteiger partial charge in [0.25, 0.3) is 0 Å². The summed E-state index contributed by atoms with van der Waals surface area (Å²) in [4.78, 5) is 11.2. The van der Waals surface area contributed by atoms with Gasteiger partial charge in [0.2, 0.25) is 0 Å². The fraction of sp³-hybridized carbons (Fsp3) is 0.600. The number of rotatable bonds is 4. The van der Waals surface area contributed by atoms with Crippen LogP contribution >= 0.6 is 11.6 Å². The number of nitrogens with one attached hydrogen (secondary N) is 1. The standard InChI is InChI=1S/C10H16ClN3O2/c1-6-8(9(11)14(3)13-6)5-12-7(2)10(15)16-4/h7,12H,5H2,1-4H3. The average molecular weight is 246 g/mol. The van der Waals surface area contributed by atoms with Crippen LogP contribution in [0, 0.1) is 6.92 Å². The molecule has 5 nitrogen and oxygen atoms in total. The van der Waals surface area contributed by atoms with Gasteiger partial charge in [-0.15, -0.1) is 0 Å². The Labute approximate surface area is 99.7 Å². The van der Waals surface area contributed by atoms with Crippen molar-refractivity contribution in [2.45, 2.75) is 26.4 Å². The predicted molar refractivity (Wildman–Crippen MR) is 61.3 cm³/mol. The lowest BCUT2D eigenvalue weighted by Gasteiger charge is -2.11. The fourth-order valence-corrected chi connectivity index (χ4v) is 1.63. The van der Waals surface area contributed by atoms with Gasteiger partial charge in [-0.1, -0.05) is 11.6 Å². The zero-order chi connectivity index (χ0) is 12.3. The summed E-state index contributed by atoms with van der Waals surface area (Å²) in [7, 11) is 3.14. The van der Waals surface area contributed by atoms with Crippen LogP contribution in [0.1, 0.15) is 18.2 Å². The van der Waals surface area contributed by atoms with Gasteiger partial charge in [-0.25, -0.2) is 0 Å². The van der Waals surface area contributed by atoms with Gasteiger partial charge in [0, 0.05) is 19.2 Å². The van der Waals surface area contributed by atoms with E-state index in [2.05, 4.69) is 15.2 Å². The van der Waals surface area contributed by atoms with E-state index in [1.54, 1.807) is 18.7 Å². The lowest BCUT2D eigenvalue weighted by Crippen LogP contribution is -2.34. The minimum atomic E-state index is -0.360. The van der Waals surface area contributed by atoms with Crippen molar-refractivity contribution >= 4 is 17.6 Å². The van der Waals surface area contributed by atoms with Crippen LogP contribution < -0.4 is 5.32 Å². The Balaban J connectivity index is 2.64. The van der Waals surface area contributed by atoms with Crippen molar-refractivity contribution in [1.29, 1.82) is 0 Å². The summed E-state index contributed by atoms with van der Waals surface area (Å²) in [6, 6.07) is -0.360. The highest BCUT2D eigenvalue weighted by atomic mass is 35.5. The van der Waals surface area contributed by atoms with Gasteiger partial charge in [0.1, 0.15) is 11.2 Å². The van der Waals surface area contributed by atoms with Gasteiger partial charge in [0.15, 0.2) is 0 Å². The van der Waals surface area contributed by atoms with E-state index in [1.807, 2.05) is 6.92 Å². The Bertz CT molecular complexity index is 390. The molecular formula is C10H16ClN3O2. The molecule has 1 heterocycles. The van der Waals surface area contributed by atoms with Crippen LogP contribution in [-0.4, -0.2) is 28.9 Å². The molecule has 16 heavy (non-hydrogen) atoms. The number of hydrogen-bond acceptors (Lipinski definition) is 4. The van der Waals surface area contributed by atoms with Gasteiger partial charge in [-0.05, 0) is 13.8 Å². The molecule has 0 radical (unpaired) electrons. The molecule has 1 atom stereocenters. The molecule has 1 aromatic heterocycles. The zero-order valence-corrected chi connectivity index (χ0v) is 10.6. The highest BCUT2D eigenvalue weighted by molar-refractivity contribution is 6.30. The number of esters is 1. The second-order valence-electron chi connectivity index (χ2n) is 3.60. The lowest BCUT2D eigenvalue weighted by atomic mass is 10.2. The average Bonchev–Trinajstić information content (AvgIpc) is 2.49. The van der Waals surface area contributed by atoms with Crippen molar-refractivity contribution in [3.63, 3.8) is 0 Å². The van der Waals surface area contributed by atoms with E-state index in [0.717, 1.165) is 11.3 Å². The Morgan fingerprint density at radius 3 is 2.75 bits per heavy atom.